The number of carbonyl (C=O) groups is 1. The summed E-state index contributed by atoms with van der Waals surface area (Å²) in [4.78, 5) is 15.7. The minimum absolute atomic E-state index is 0.0578. The SMILES string of the molecule is CCCC[C@@H](CC)C(=O)N1CCc2cc(OC)c(OC)cc2[C@@H]1c1ccc(OC)cc1. The summed E-state index contributed by atoms with van der Waals surface area (Å²) in [6.45, 7) is 4.99. The third-order valence-electron chi connectivity index (χ3n) is 6.34. The highest BCUT2D eigenvalue weighted by Crippen LogP contribution is 2.42. The first-order valence-corrected chi connectivity index (χ1v) is 11.3. The maximum Gasteiger partial charge on any atom is 0.226 e. The summed E-state index contributed by atoms with van der Waals surface area (Å²) in [5.41, 5.74) is 3.38. The van der Waals surface area contributed by atoms with Gasteiger partial charge in [-0.2, -0.15) is 0 Å². The smallest absolute Gasteiger partial charge is 0.226 e. The van der Waals surface area contributed by atoms with E-state index in [0.717, 1.165) is 54.7 Å². The van der Waals surface area contributed by atoms with E-state index < -0.39 is 0 Å². The molecule has 168 valence electrons. The lowest BCUT2D eigenvalue weighted by Gasteiger charge is -2.40. The standard InChI is InChI=1S/C26H35NO4/c1-6-8-9-18(7-2)26(28)27-15-14-20-16-23(30-4)24(31-5)17-22(20)25(27)19-10-12-21(29-3)13-11-19/h10-13,16-18,25H,6-9,14-15H2,1-5H3/t18-,25+/m1/s1. The largest absolute Gasteiger partial charge is 0.497 e. The van der Waals surface area contributed by atoms with Crippen LogP contribution in [0.5, 0.6) is 17.2 Å². The highest BCUT2D eigenvalue weighted by molar-refractivity contribution is 5.80. The van der Waals surface area contributed by atoms with Gasteiger partial charge in [0, 0.05) is 12.5 Å². The van der Waals surface area contributed by atoms with E-state index in [9.17, 15) is 4.79 Å². The number of rotatable bonds is 9. The molecule has 0 bridgehead atoms. The van der Waals surface area contributed by atoms with Crippen LogP contribution in [0.1, 0.15) is 62.3 Å². The molecule has 2 atom stereocenters. The van der Waals surface area contributed by atoms with Crippen molar-refractivity contribution in [3.8, 4) is 17.2 Å². The Bertz CT molecular complexity index is 878. The molecular formula is C26H35NO4. The third kappa shape index (κ3) is 4.81. The number of ether oxygens (including phenoxy) is 3. The minimum Gasteiger partial charge on any atom is -0.497 e. The van der Waals surface area contributed by atoms with Gasteiger partial charge in [0.15, 0.2) is 11.5 Å². The molecule has 0 N–H and O–H groups in total. The van der Waals surface area contributed by atoms with Crippen molar-refractivity contribution in [3.05, 3.63) is 53.1 Å². The van der Waals surface area contributed by atoms with Crippen LogP contribution in [0.4, 0.5) is 0 Å². The van der Waals surface area contributed by atoms with Gasteiger partial charge in [-0.1, -0.05) is 38.8 Å². The summed E-state index contributed by atoms with van der Waals surface area (Å²) >= 11 is 0. The van der Waals surface area contributed by atoms with E-state index in [2.05, 4.69) is 36.9 Å². The summed E-state index contributed by atoms with van der Waals surface area (Å²) < 4.78 is 16.5. The highest BCUT2D eigenvalue weighted by Gasteiger charge is 2.35. The monoisotopic (exact) mass is 425 g/mol. The van der Waals surface area contributed by atoms with Crippen LogP contribution >= 0.6 is 0 Å². The van der Waals surface area contributed by atoms with Gasteiger partial charge in [0.2, 0.25) is 5.91 Å². The van der Waals surface area contributed by atoms with Crippen LogP contribution in [0.3, 0.4) is 0 Å². The van der Waals surface area contributed by atoms with Gasteiger partial charge < -0.3 is 19.1 Å². The zero-order valence-corrected chi connectivity index (χ0v) is 19.4. The predicted molar refractivity (Wildman–Crippen MR) is 123 cm³/mol. The lowest BCUT2D eigenvalue weighted by molar-refractivity contribution is -0.138. The van der Waals surface area contributed by atoms with Crippen LogP contribution in [0, 0.1) is 5.92 Å². The molecule has 0 spiro atoms. The molecule has 0 fully saturated rings. The van der Waals surface area contributed by atoms with Crippen LogP contribution < -0.4 is 14.2 Å². The lowest BCUT2D eigenvalue weighted by Crippen LogP contribution is -2.43. The zero-order valence-electron chi connectivity index (χ0n) is 19.4. The van der Waals surface area contributed by atoms with Crippen LogP contribution in [-0.4, -0.2) is 38.7 Å². The maximum atomic E-state index is 13.7. The second kappa shape index (κ2) is 10.6. The number of amides is 1. The molecule has 5 heteroatoms. The van der Waals surface area contributed by atoms with Gasteiger partial charge in [-0.3, -0.25) is 4.79 Å². The number of fused-ring (bicyclic) bond motifs is 1. The Labute approximate surface area is 186 Å². The minimum atomic E-state index is -0.155. The van der Waals surface area contributed by atoms with Crippen molar-refractivity contribution < 1.29 is 19.0 Å². The molecule has 1 aliphatic heterocycles. The van der Waals surface area contributed by atoms with E-state index in [0.29, 0.717) is 12.3 Å². The van der Waals surface area contributed by atoms with Crippen LogP contribution in [0.2, 0.25) is 0 Å². The van der Waals surface area contributed by atoms with Gasteiger partial charge in [-0.15, -0.1) is 0 Å². The van der Waals surface area contributed by atoms with E-state index >= 15 is 0 Å². The van der Waals surface area contributed by atoms with Crippen molar-refractivity contribution in [2.24, 2.45) is 5.92 Å². The van der Waals surface area contributed by atoms with E-state index in [-0.39, 0.29) is 17.9 Å². The molecule has 2 aromatic rings. The number of benzene rings is 2. The Kier molecular flexibility index (Phi) is 7.83. The van der Waals surface area contributed by atoms with Gasteiger partial charge in [-0.25, -0.2) is 0 Å². The Hall–Kier alpha value is -2.69. The fourth-order valence-electron chi connectivity index (χ4n) is 4.52. The van der Waals surface area contributed by atoms with E-state index in [4.69, 9.17) is 14.2 Å². The Morgan fingerprint density at radius 3 is 2.29 bits per heavy atom. The molecule has 1 heterocycles. The predicted octanol–water partition coefficient (Wildman–Crippen LogP) is 5.40. The molecule has 1 aliphatic rings. The summed E-state index contributed by atoms with van der Waals surface area (Å²) in [5, 5.41) is 0. The Balaban J connectivity index is 2.08. The Morgan fingerprint density at radius 1 is 1.03 bits per heavy atom. The second-order valence-corrected chi connectivity index (χ2v) is 8.11. The van der Waals surface area contributed by atoms with Gasteiger partial charge >= 0.3 is 0 Å². The molecule has 1 amide bonds. The van der Waals surface area contributed by atoms with Crippen molar-refractivity contribution in [3.63, 3.8) is 0 Å². The molecule has 0 aromatic heterocycles. The maximum absolute atomic E-state index is 13.7. The molecule has 2 aromatic carbocycles. The van der Waals surface area contributed by atoms with Crippen molar-refractivity contribution in [1.82, 2.24) is 4.90 Å². The molecule has 3 rings (SSSR count). The van der Waals surface area contributed by atoms with Crippen molar-refractivity contribution in [1.29, 1.82) is 0 Å². The van der Waals surface area contributed by atoms with Gasteiger partial charge in [0.25, 0.3) is 0 Å². The molecule has 0 radical (unpaired) electrons. The average Bonchev–Trinajstić information content (AvgIpc) is 2.82. The van der Waals surface area contributed by atoms with E-state index in [1.54, 1.807) is 21.3 Å². The molecular weight excluding hydrogens is 390 g/mol. The lowest BCUT2D eigenvalue weighted by atomic mass is 9.86. The topological polar surface area (TPSA) is 48.0 Å². The average molecular weight is 426 g/mol. The summed E-state index contributed by atoms with van der Waals surface area (Å²) in [6.07, 6.45) is 4.79. The number of nitrogens with zero attached hydrogens (tertiary/aromatic N) is 1. The molecule has 0 saturated heterocycles. The number of hydrogen-bond donors (Lipinski definition) is 0. The fourth-order valence-corrected chi connectivity index (χ4v) is 4.52. The molecule has 31 heavy (non-hydrogen) atoms. The zero-order chi connectivity index (χ0) is 22.4. The van der Waals surface area contributed by atoms with Gasteiger partial charge in [0.1, 0.15) is 5.75 Å². The first kappa shape index (κ1) is 23.0. The summed E-state index contributed by atoms with van der Waals surface area (Å²) in [5.74, 6) is 2.52. The van der Waals surface area contributed by atoms with Gasteiger partial charge in [0.05, 0.1) is 27.4 Å². The van der Waals surface area contributed by atoms with E-state index in [1.165, 1.54) is 5.56 Å². The number of unbranched alkanes of at least 4 members (excludes halogenated alkanes) is 1. The van der Waals surface area contributed by atoms with Crippen molar-refractivity contribution >= 4 is 5.91 Å². The first-order valence-electron chi connectivity index (χ1n) is 11.3. The van der Waals surface area contributed by atoms with Crippen LogP contribution in [-0.2, 0) is 11.2 Å². The van der Waals surface area contributed by atoms with Gasteiger partial charge in [-0.05, 0) is 60.2 Å². The third-order valence-corrected chi connectivity index (χ3v) is 6.34. The molecule has 0 saturated carbocycles. The van der Waals surface area contributed by atoms with E-state index in [1.807, 2.05) is 18.2 Å². The number of hydrogen-bond acceptors (Lipinski definition) is 4. The van der Waals surface area contributed by atoms with Crippen LogP contribution in [0.15, 0.2) is 36.4 Å². The second-order valence-electron chi connectivity index (χ2n) is 8.11. The number of carbonyl (C=O) groups excluding carboxylic acids is 1. The molecule has 0 unspecified atom stereocenters. The summed E-state index contributed by atoms with van der Waals surface area (Å²) in [7, 11) is 4.97. The van der Waals surface area contributed by atoms with Crippen molar-refractivity contribution in [2.75, 3.05) is 27.9 Å². The van der Waals surface area contributed by atoms with Crippen LogP contribution in [0.25, 0.3) is 0 Å². The molecule has 0 aliphatic carbocycles. The normalized spacial score (nSPS) is 16.4. The molecule has 5 nitrogen and oxygen atoms in total. The Morgan fingerprint density at radius 2 is 1.71 bits per heavy atom. The van der Waals surface area contributed by atoms with Crippen molar-refractivity contribution in [2.45, 2.75) is 52.0 Å². The first-order chi connectivity index (χ1) is 15.1. The fraction of sp³-hybridized carbons (Fsp3) is 0.500. The highest BCUT2D eigenvalue weighted by atomic mass is 16.5. The quantitative estimate of drug-likeness (QED) is 0.539. The number of methoxy groups -OCH3 is 3. The summed E-state index contributed by atoms with van der Waals surface area (Å²) in [6, 6.07) is 12.0.